The lowest BCUT2D eigenvalue weighted by atomic mass is 10.3. The van der Waals surface area contributed by atoms with E-state index in [2.05, 4.69) is 9.97 Å². The van der Waals surface area contributed by atoms with Crippen LogP contribution in [0.2, 0.25) is 0 Å². The average Bonchev–Trinajstić information content (AvgIpc) is 3.08. The van der Waals surface area contributed by atoms with Crippen molar-refractivity contribution >= 4 is 39.2 Å². The fourth-order valence-electron chi connectivity index (χ4n) is 2.68. The van der Waals surface area contributed by atoms with Gasteiger partial charge in [-0.1, -0.05) is 18.2 Å². The fraction of sp³-hybridized carbons (Fsp3) is 0.100. The van der Waals surface area contributed by atoms with Crippen molar-refractivity contribution in [2.45, 2.75) is 13.5 Å². The molecule has 0 N–H and O–H groups in total. The highest BCUT2D eigenvalue weighted by Gasteiger charge is 2.07. The fourth-order valence-corrected chi connectivity index (χ4v) is 3.55. The molecular weight excluding hydrogens is 362 g/mol. The van der Waals surface area contributed by atoms with Gasteiger partial charge in [-0.25, -0.2) is 14.8 Å². The molecule has 6 nitrogen and oxygen atoms in total. The maximum atomic E-state index is 12.2. The Balaban J connectivity index is 1.46. The first-order chi connectivity index (χ1) is 13.1. The van der Waals surface area contributed by atoms with E-state index in [9.17, 15) is 9.59 Å². The second-order valence-electron chi connectivity index (χ2n) is 5.93. The van der Waals surface area contributed by atoms with Gasteiger partial charge in [0.2, 0.25) is 0 Å². The number of thiazole rings is 1. The van der Waals surface area contributed by atoms with Gasteiger partial charge in [-0.2, -0.15) is 0 Å². The number of benzene rings is 1. The van der Waals surface area contributed by atoms with Crippen LogP contribution in [0.15, 0.2) is 59.5 Å². The van der Waals surface area contributed by atoms with Gasteiger partial charge in [0.05, 0.1) is 15.9 Å². The first kappa shape index (κ1) is 17.1. The molecule has 1 aromatic carbocycles. The third-order valence-electron chi connectivity index (χ3n) is 3.97. The summed E-state index contributed by atoms with van der Waals surface area (Å²) in [4.78, 5) is 33.0. The largest absolute Gasteiger partial charge is 0.456 e. The van der Waals surface area contributed by atoms with Crippen molar-refractivity contribution in [3.8, 4) is 0 Å². The van der Waals surface area contributed by atoms with E-state index in [0.717, 1.165) is 20.8 Å². The molecule has 4 rings (SSSR count). The summed E-state index contributed by atoms with van der Waals surface area (Å²) >= 11 is 1.50. The normalized spacial score (nSPS) is 11.4. The summed E-state index contributed by atoms with van der Waals surface area (Å²) in [6.07, 6.45) is 4.62. The van der Waals surface area contributed by atoms with Gasteiger partial charge in [-0.15, -0.1) is 11.3 Å². The lowest BCUT2D eigenvalue weighted by molar-refractivity contribution is -0.139. The molecule has 0 spiro atoms. The SMILES string of the molecule is Cc1cccn2c(=O)cc(COC(=O)/C=C/c3nc4ccccc4s3)nc12. The van der Waals surface area contributed by atoms with Crippen molar-refractivity contribution in [1.29, 1.82) is 0 Å². The Labute approximate surface area is 158 Å². The predicted molar refractivity (Wildman–Crippen MR) is 105 cm³/mol. The molecule has 0 aliphatic carbocycles. The van der Waals surface area contributed by atoms with Gasteiger partial charge in [0, 0.05) is 18.3 Å². The number of hydrogen-bond acceptors (Lipinski definition) is 6. The highest BCUT2D eigenvalue weighted by atomic mass is 32.1. The average molecular weight is 377 g/mol. The Bertz CT molecular complexity index is 1210. The van der Waals surface area contributed by atoms with E-state index in [1.807, 2.05) is 37.3 Å². The Morgan fingerprint density at radius 2 is 2.07 bits per heavy atom. The van der Waals surface area contributed by atoms with Gasteiger partial charge in [-0.3, -0.25) is 9.20 Å². The second kappa shape index (κ2) is 7.13. The van der Waals surface area contributed by atoms with Gasteiger partial charge in [0.15, 0.2) is 0 Å². The van der Waals surface area contributed by atoms with Crippen LogP contribution in [0.5, 0.6) is 0 Å². The summed E-state index contributed by atoms with van der Waals surface area (Å²) in [5, 5.41) is 0.728. The standard InChI is InChI=1S/C20H15N3O3S/c1-13-5-4-10-23-18(24)11-14(21-20(13)23)12-26-19(25)9-8-17-22-15-6-2-3-7-16(15)27-17/h2-11H,12H2,1H3/b9-8+. The van der Waals surface area contributed by atoms with Crippen molar-refractivity contribution < 1.29 is 9.53 Å². The Kier molecular flexibility index (Phi) is 4.52. The van der Waals surface area contributed by atoms with Gasteiger partial charge < -0.3 is 4.74 Å². The Hall–Kier alpha value is -3.32. The topological polar surface area (TPSA) is 73.6 Å². The van der Waals surface area contributed by atoms with Gasteiger partial charge >= 0.3 is 5.97 Å². The lowest BCUT2D eigenvalue weighted by Crippen LogP contribution is -2.17. The number of para-hydroxylation sites is 1. The molecule has 0 aliphatic rings. The molecule has 7 heteroatoms. The van der Waals surface area contributed by atoms with E-state index in [1.165, 1.54) is 27.9 Å². The molecule has 134 valence electrons. The third kappa shape index (κ3) is 3.63. The lowest BCUT2D eigenvalue weighted by Gasteiger charge is -2.06. The minimum atomic E-state index is -0.513. The van der Waals surface area contributed by atoms with Crippen LogP contribution in [-0.4, -0.2) is 20.3 Å². The van der Waals surface area contributed by atoms with Crippen LogP contribution in [0.4, 0.5) is 0 Å². The van der Waals surface area contributed by atoms with Crippen molar-refractivity contribution in [1.82, 2.24) is 14.4 Å². The van der Waals surface area contributed by atoms with Gasteiger partial charge in [-0.05, 0) is 36.8 Å². The smallest absolute Gasteiger partial charge is 0.331 e. The number of carbonyl (C=O) groups is 1. The summed E-state index contributed by atoms with van der Waals surface area (Å²) < 4.78 is 7.73. The molecule has 0 unspecified atom stereocenters. The molecule has 4 aromatic rings. The van der Waals surface area contributed by atoms with Crippen LogP contribution < -0.4 is 5.56 Å². The summed E-state index contributed by atoms with van der Waals surface area (Å²) in [5.41, 5.74) is 2.53. The molecule has 0 saturated heterocycles. The van der Waals surface area contributed by atoms with E-state index in [-0.39, 0.29) is 12.2 Å². The van der Waals surface area contributed by atoms with E-state index in [1.54, 1.807) is 18.3 Å². The molecule has 0 fully saturated rings. The molecule has 0 amide bonds. The zero-order valence-corrected chi connectivity index (χ0v) is 15.3. The van der Waals surface area contributed by atoms with E-state index in [4.69, 9.17) is 4.74 Å². The van der Waals surface area contributed by atoms with Crippen LogP contribution in [0, 0.1) is 6.92 Å². The maximum Gasteiger partial charge on any atom is 0.331 e. The highest BCUT2D eigenvalue weighted by molar-refractivity contribution is 7.19. The van der Waals surface area contributed by atoms with Crippen LogP contribution >= 0.6 is 11.3 Å². The van der Waals surface area contributed by atoms with Crippen LogP contribution in [-0.2, 0) is 16.1 Å². The number of fused-ring (bicyclic) bond motifs is 2. The van der Waals surface area contributed by atoms with E-state index >= 15 is 0 Å². The molecule has 27 heavy (non-hydrogen) atoms. The molecule has 0 radical (unpaired) electrons. The highest BCUT2D eigenvalue weighted by Crippen LogP contribution is 2.22. The number of esters is 1. The summed E-state index contributed by atoms with van der Waals surface area (Å²) in [5.74, 6) is -0.513. The van der Waals surface area contributed by atoms with Crippen molar-refractivity contribution in [2.75, 3.05) is 0 Å². The first-order valence-electron chi connectivity index (χ1n) is 8.28. The van der Waals surface area contributed by atoms with Crippen LogP contribution in [0.1, 0.15) is 16.3 Å². The van der Waals surface area contributed by atoms with Crippen molar-refractivity contribution in [3.05, 3.63) is 81.4 Å². The third-order valence-corrected chi connectivity index (χ3v) is 4.98. The number of pyridine rings is 1. The Morgan fingerprint density at radius 1 is 1.22 bits per heavy atom. The molecule has 0 saturated carbocycles. The molecule has 0 bridgehead atoms. The number of hydrogen-bond donors (Lipinski definition) is 0. The number of carbonyl (C=O) groups excluding carboxylic acids is 1. The number of rotatable bonds is 4. The number of aromatic nitrogens is 3. The first-order valence-corrected chi connectivity index (χ1v) is 9.10. The van der Waals surface area contributed by atoms with Crippen molar-refractivity contribution in [2.24, 2.45) is 0 Å². The zero-order chi connectivity index (χ0) is 18.8. The monoisotopic (exact) mass is 377 g/mol. The molecular formula is C20H15N3O3S. The molecule has 3 aromatic heterocycles. The second-order valence-corrected chi connectivity index (χ2v) is 6.99. The van der Waals surface area contributed by atoms with Crippen LogP contribution in [0.25, 0.3) is 21.9 Å². The van der Waals surface area contributed by atoms with Crippen LogP contribution in [0.3, 0.4) is 0 Å². The number of ether oxygens (including phenoxy) is 1. The number of nitrogens with zero attached hydrogens (tertiary/aromatic N) is 3. The predicted octanol–water partition coefficient (Wildman–Crippen LogP) is 3.37. The molecule has 3 heterocycles. The minimum Gasteiger partial charge on any atom is -0.456 e. The summed E-state index contributed by atoms with van der Waals surface area (Å²) in [6.45, 7) is 1.81. The van der Waals surface area contributed by atoms with Gasteiger partial charge in [0.1, 0.15) is 17.3 Å². The van der Waals surface area contributed by atoms with E-state index in [0.29, 0.717) is 11.3 Å². The summed E-state index contributed by atoms with van der Waals surface area (Å²) in [7, 11) is 0. The minimum absolute atomic E-state index is 0.0664. The molecule has 0 atom stereocenters. The quantitative estimate of drug-likeness (QED) is 0.403. The Morgan fingerprint density at radius 3 is 2.93 bits per heavy atom. The van der Waals surface area contributed by atoms with Crippen molar-refractivity contribution in [3.63, 3.8) is 0 Å². The zero-order valence-electron chi connectivity index (χ0n) is 14.5. The maximum absolute atomic E-state index is 12.2. The van der Waals surface area contributed by atoms with E-state index < -0.39 is 5.97 Å². The van der Waals surface area contributed by atoms with Gasteiger partial charge in [0.25, 0.3) is 5.56 Å². The summed E-state index contributed by atoms with van der Waals surface area (Å²) in [6, 6.07) is 12.8. The number of aryl methyl sites for hydroxylation is 1. The molecule has 0 aliphatic heterocycles.